The van der Waals surface area contributed by atoms with Gasteiger partial charge < -0.3 is 5.32 Å². The largest absolute Gasteiger partial charge is 0.355 e. The van der Waals surface area contributed by atoms with Crippen LogP contribution in [0.15, 0.2) is 9.95 Å². The van der Waals surface area contributed by atoms with Crippen molar-refractivity contribution in [2.75, 3.05) is 12.3 Å². The van der Waals surface area contributed by atoms with Gasteiger partial charge in [-0.3, -0.25) is 9.36 Å². The van der Waals surface area contributed by atoms with Gasteiger partial charge in [0.25, 0.3) is 0 Å². The van der Waals surface area contributed by atoms with E-state index < -0.39 is 0 Å². The third-order valence-electron chi connectivity index (χ3n) is 2.02. The summed E-state index contributed by atoms with van der Waals surface area (Å²) in [6.07, 6.45) is 2.04. The highest BCUT2D eigenvalue weighted by Crippen LogP contribution is 2.10. The lowest BCUT2D eigenvalue weighted by molar-refractivity contribution is -0.118. The Labute approximate surface area is 97.8 Å². The first-order valence-corrected chi connectivity index (χ1v) is 6.14. The first-order valence-electron chi connectivity index (χ1n) is 5.16. The summed E-state index contributed by atoms with van der Waals surface area (Å²) in [7, 11) is 1.61. The maximum atomic E-state index is 11.4. The summed E-state index contributed by atoms with van der Waals surface area (Å²) in [5, 5.41) is 9.43. The molecular weight excluding hydrogens is 228 g/mol. The Bertz CT molecular complexity index is 398. The molecule has 1 aromatic rings. The van der Waals surface area contributed by atoms with Gasteiger partial charge in [0.15, 0.2) is 5.16 Å². The summed E-state index contributed by atoms with van der Waals surface area (Å²) >= 11 is 1.24. The molecule has 0 fully saturated rings. The number of aromatic amines is 1. The van der Waals surface area contributed by atoms with E-state index in [-0.39, 0.29) is 17.3 Å². The summed E-state index contributed by atoms with van der Waals surface area (Å²) in [6.45, 7) is 2.77. The second-order valence-electron chi connectivity index (χ2n) is 3.36. The Balaban J connectivity index is 2.32. The van der Waals surface area contributed by atoms with E-state index in [1.807, 2.05) is 0 Å². The molecule has 6 nitrogen and oxygen atoms in total. The lowest BCUT2D eigenvalue weighted by atomic mass is 10.3. The zero-order chi connectivity index (χ0) is 12.0. The van der Waals surface area contributed by atoms with E-state index in [0.717, 1.165) is 12.8 Å². The number of hydrogen-bond donors (Lipinski definition) is 2. The van der Waals surface area contributed by atoms with Crippen LogP contribution in [0.3, 0.4) is 0 Å². The SMILES string of the molecule is CCCCNC(=O)CSc1n[nH]c(=O)n1C. The van der Waals surface area contributed by atoms with Gasteiger partial charge in [-0.15, -0.1) is 5.10 Å². The fourth-order valence-electron chi connectivity index (χ4n) is 1.05. The van der Waals surface area contributed by atoms with Crippen molar-refractivity contribution < 1.29 is 4.79 Å². The molecule has 0 saturated heterocycles. The van der Waals surface area contributed by atoms with Gasteiger partial charge in [0.05, 0.1) is 5.75 Å². The highest BCUT2D eigenvalue weighted by Gasteiger charge is 2.07. The molecule has 16 heavy (non-hydrogen) atoms. The zero-order valence-electron chi connectivity index (χ0n) is 9.45. The number of hydrogen-bond acceptors (Lipinski definition) is 4. The predicted octanol–water partition coefficient (Wildman–Crippen LogP) is 0.117. The predicted molar refractivity (Wildman–Crippen MR) is 62.5 cm³/mol. The lowest BCUT2D eigenvalue weighted by Crippen LogP contribution is -2.26. The van der Waals surface area contributed by atoms with Crippen LogP contribution in [0.5, 0.6) is 0 Å². The molecule has 7 heteroatoms. The molecule has 0 unspecified atom stereocenters. The number of nitrogens with one attached hydrogen (secondary N) is 2. The first-order chi connectivity index (χ1) is 7.65. The van der Waals surface area contributed by atoms with Gasteiger partial charge >= 0.3 is 5.69 Å². The summed E-state index contributed by atoms with van der Waals surface area (Å²) in [6, 6.07) is 0. The molecule has 2 N–H and O–H groups in total. The first kappa shape index (κ1) is 12.8. The van der Waals surface area contributed by atoms with Gasteiger partial charge in [-0.05, 0) is 6.42 Å². The van der Waals surface area contributed by atoms with Crippen molar-refractivity contribution >= 4 is 17.7 Å². The van der Waals surface area contributed by atoms with E-state index in [9.17, 15) is 9.59 Å². The van der Waals surface area contributed by atoms with E-state index in [1.54, 1.807) is 7.05 Å². The zero-order valence-corrected chi connectivity index (χ0v) is 10.3. The molecule has 0 aliphatic carbocycles. The molecule has 1 aromatic heterocycles. The van der Waals surface area contributed by atoms with Crippen LogP contribution in [-0.4, -0.2) is 33.0 Å². The fourth-order valence-corrected chi connectivity index (χ4v) is 1.80. The number of unbranched alkanes of at least 4 members (excludes halogenated alkanes) is 1. The number of amides is 1. The van der Waals surface area contributed by atoms with E-state index in [2.05, 4.69) is 22.4 Å². The molecule has 1 rings (SSSR count). The Morgan fingerprint density at radius 2 is 2.38 bits per heavy atom. The van der Waals surface area contributed by atoms with E-state index >= 15 is 0 Å². The van der Waals surface area contributed by atoms with Crippen molar-refractivity contribution in [2.45, 2.75) is 24.9 Å². The van der Waals surface area contributed by atoms with Gasteiger partial charge in [-0.2, -0.15) is 0 Å². The molecule has 0 radical (unpaired) electrons. The third-order valence-corrected chi connectivity index (χ3v) is 3.05. The molecule has 1 amide bonds. The summed E-state index contributed by atoms with van der Waals surface area (Å²) < 4.78 is 1.38. The van der Waals surface area contributed by atoms with Crippen molar-refractivity contribution in [3.63, 3.8) is 0 Å². The van der Waals surface area contributed by atoms with Crippen LogP contribution in [0.2, 0.25) is 0 Å². The van der Waals surface area contributed by atoms with Crippen LogP contribution in [-0.2, 0) is 11.8 Å². The van der Waals surface area contributed by atoms with E-state index in [1.165, 1.54) is 16.3 Å². The molecule has 0 aliphatic heterocycles. The maximum Gasteiger partial charge on any atom is 0.343 e. The Hall–Kier alpha value is -1.24. The number of rotatable bonds is 6. The van der Waals surface area contributed by atoms with E-state index in [4.69, 9.17) is 0 Å². The molecule has 0 aliphatic rings. The normalized spacial score (nSPS) is 10.4. The monoisotopic (exact) mass is 244 g/mol. The molecule has 0 saturated carbocycles. The van der Waals surface area contributed by atoms with Gasteiger partial charge in [-0.1, -0.05) is 25.1 Å². The van der Waals surface area contributed by atoms with Crippen molar-refractivity contribution in [1.29, 1.82) is 0 Å². The Kier molecular flexibility index (Phi) is 5.10. The molecule has 1 heterocycles. The minimum absolute atomic E-state index is 0.0334. The molecule has 0 bridgehead atoms. The lowest BCUT2D eigenvalue weighted by Gasteiger charge is -2.03. The number of thioether (sulfide) groups is 1. The average Bonchev–Trinajstić information content (AvgIpc) is 2.58. The van der Waals surface area contributed by atoms with Crippen LogP contribution < -0.4 is 11.0 Å². The molecule has 0 atom stereocenters. The minimum atomic E-state index is -0.270. The van der Waals surface area contributed by atoms with Crippen molar-refractivity contribution in [3.8, 4) is 0 Å². The second kappa shape index (κ2) is 6.37. The maximum absolute atomic E-state index is 11.4. The summed E-state index contributed by atoms with van der Waals surface area (Å²) in [5.41, 5.74) is -0.270. The van der Waals surface area contributed by atoms with Crippen molar-refractivity contribution in [1.82, 2.24) is 20.1 Å². The van der Waals surface area contributed by atoms with Crippen LogP contribution >= 0.6 is 11.8 Å². The molecular formula is C9H16N4O2S. The van der Waals surface area contributed by atoms with Crippen molar-refractivity contribution in [3.05, 3.63) is 10.5 Å². The van der Waals surface area contributed by atoms with Gasteiger partial charge in [0.2, 0.25) is 5.91 Å². The highest BCUT2D eigenvalue weighted by molar-refractivity contribution is 7.99. The highest BCUT2D eigenvalue weighted by atomic mass is 32.2. The van der Waals surface area contributed by atoms with Gasteiger partial charge in [0.1, 0.15) is 0 Å². The Morgan fingerprint density at radius 3 is 2.94 bits per heavy atom. The average molecular weight is 244 g/mol. The number of nitrogens with zero attached hydrogens (tertiary/aromatic N) is 2. The van der Waals surface area contributed by atoms with Crippen LogP contribution in [0, 0.1) is 0 Å². The van der Waals surface area contributed by atoms with Crippen LogP contribution in [0.1, 0.15) is 19.8 Å². The smallest absolute Gasteiger partial charge is 0.343 e. The summed E-state index contributed by atoms with van der Waals surface area (Å²) in [5.74, 6) is 0.246. The van der Waals surface area contributed by atoms with Crippen LogP contribution in [0.25, 0.3) is 0 Å². The number of H-pyrrole nitrogens is 1. The number of carbonyl (C=O) groups is 1. The molecule has 90 valence electrons. The Morgan fingerprint density at radius 1 is 1.62 bits per heavy atom. The van der Waals surface area contributed by atoms with Gasteiger partial charge in [-0.25, -0.2) is 9.89 Å². The summed E-state index contributed by atoms with van der Waals surface area (Å²) in [4.78, 5) is 22.4. The second-order valence-corrected chi connectivity index (χ2v) is 4.31. The fraction of sp³-hybridized carbons (Fsp3) is 0.667. The minimum Gasteiger partial charge on any atom is -0.355 e. The van der Waals surface area contributed by atoms with Crippen LogP contribution in [0.4, 0.5) is 0 Å². The standard InChI is InChI=1S/C9H16N4O2S/c1-3-4-5-10-7(14)6-16-9-12-11-8(15)13(9)2/h3-6H2,1-2H3,(H,10,14)(H,11,15). The van der Waals surface area contributed by atoms with Gasteiger partial charge in [0, 0.05) is 13.6 Å². The van der Waals surface area contributed by atoms with Crippen molar-refractivity contribution in [2.24, 2.45) is 7.05 Å². The molecule has 0 aromatic carbocycles. The number of aromatic nitrogens is 3. The quantitative estimate of drug-likeness (QED) is 0.550. The molecule has 0 spiro atoms. The topological polar surface area (TPSA) is 79.8 Å². The van der Waals surface area contributed by atoms with E-state index in [0.29, 0.717) is 11.7 Å². The third kappa shape index (κ3) is 3.73. The number of carbonyl (C=O) groups excluding carboxylic acids is 1.